The van der Waals surface area contributed by atoms with Crippen molar-refractivity contribution in [3.8, 4) is 0 Å². The first-order chi connectivity index (χ1) is 8.34. The summed E-state index contributed by atoms with van der Waals surface area (Å²) in [5.74, 6) is 0.487. The van der Waals surface area contributed by atoms with Gasteiger partial charge in [0.1, 0.15) is 0 Å². The van der Waals surface area contributed by atoms with Crippen molar-refractivity contribution in [3.63, 3.8) is 0 Å². The van der Waals surface area contributed by atoms with E-state index in [9.17, 15) is 4.79 Å². The van der Waals surface area contributed by atoms with Crippen LogP contribution in [0, 0.1) is 5.92 Å². The van der Waals surface area contributed by atoms with Gasteiger partial charge in [-0.1, -0.05) is 30.3 Å². The zero-order valence-electron chi connectivity index (χ0n) is 10.5. The van der Waals surface area contributed by atoms with Gasteiger partial charge in [-0.3, -0.25) is 4.79 Å². The molecule has 2 aliphatic rings. The molecule has 1 saturated heterocycles. The minimum absolute atomic E-state index is 0. The zero-order valence-corrected chi connectivity index (χ0v) is 14.6. The molecule has 1 heterocycles. The Kier molecular flexibility index (Phi) is 7.74. The number of hydrogen-bond donors (Lipinski definition) is 1. The summed E-state index contributed by atoms with van der Waals surface area (Å²) in [6, 6.07) is 9.60. The van der Waals surface area contributed by atoms with E-state index >= 15 is 0 Å². The molecule has 2 fully saturated rings. The number of ketones is 1. The molecule has 0 amide bonds. The summed E-state index contributed by atoms with van der Waals surface area (Å²) in [6.45, 7) is 0. The van der Waals surface area contributed by atoms with Gasteiger partial charge in [-0.15, -0.1) is 0 Å². The van der Waals surface area contributed by atoms with Crippen molar-refractivity contribution < 1.29 is 65.8 Å². The van der Waals surface area contributed by atoms with Crippen LogP contribution in [0.1, 0.15) is 29.6 Å². The molecule has 3 rings (SSSR count). The van der Waals surface area contributed by atoms with Crippen molar-refractivity contribution in [2.24, 2.45) is 5.92 Å². The zero-order chi connectivity index (χ0) is 12.3. The van der Waals surface area contributed by atoms with Crippen LogP contribution in [-0.4, -0.2) is 22.9 Å². The molecule has 1 aliphatic heterocycles. The molecule has 0 aromatic heterocycles. The summed E-state index contributed by atoms with van der Waals surface area (Å²) in [6.07, 6.45) is 3.85. The summed E-state index contributed by atoms with van der Waals surface area (Å²) >= 11 is 0. The van der Waals surface area contributed by atoms with E-state index in [1.54, 1.807) is 0 Å². The molecule has 1 N–H and O–H groups in total. The molecule has 0 bridgehead atoms. The monoisotopic (exact) mass is 290 g/mol. The average molecular weight is 290 g/mol. The summed E-state index contributed by atoms with van der Waals surface area (Å²) < 4.78 is 5.44. The van der Waals surface area contributed by atoms with E-state index in [2.05, 4.69) is 0 Å². The van der Waals surface area contributed by atoms with Crippen LogP contribution in [0.25, 0.3) is 0 Å². The second-order valence-corrected chi connectivity index (χ2v) is 4.45. The molecule has 0 spiro atoms. The Morgan fingerprint density at radius 1 is 1.17 bits per heavy atom. The first-order valence-electron chi connectivity index (χ1n) is 5.81. The van der Waals surface area contributed by atoms with E-state index in [1.807, 2.05) is 39.8 Å². The third-order valence-electron chi connectivity index (χ3n) is 3.43. The maximum Gasteiger partial charge on any atom is 1.00 e. The van der Waals surface area contributed by atoms with E-state index in [-0.39, 0.29) is 57.3 Å². The standard InChI is InChI=1S/C13H14O2.K.H2OP/c14-13(9-4-2-1-3-5-9)10-6-7-11-12(8-10)15-11;;1-2/h1-5,10-12H,6-8H2;;1-2H/q;+1;-1. The summed E-state index contributed by atoms with van der Waals surface area (Å²) in [5.41, 5.74) is 0.849. The predicted molar refractivity (Wildman–Crippen MR) is 67.3 cm³/mol. The van der Waals surface area contributed by atoms with Gasteiger partial charge in [0.05, 0.1) is 12.2 Å². The van der Waals surface area contributed by atoms with Crippen LogP contribution < -0.4 is 51.4 Å². The maximum absolute atomic E-state index is 12.1. The number of benzene rings is 1. The van der Waals surface area contributed by atoms with Crippen molar-refractivity contribution >= 4 is 15.2 Å². The van der Waals surface area contributed by atoms with Crippen LogP contribution in [0.2, 0.25) is 0 Å². The van der Waals surface area contributed by atoms with Gasteiger partial charge in [-0.2, -0.15) is 0 Å². The quantitative estimate of drug-likeness (QED) is 0.345. The molecule has 1 aromatic rings. The second-order valence-electron chi connectivity index (χ2n) is 4.45. The Bertz CT molecular complexity index is 385. The van der Waals surface area contributed by atoms with E-state index in [4.69, 9.17) is 9.63 Å². The molecule has 3 nitrogen and oxygen atoms in total. The molecule has 3 unspecified atom stereocenters. The van der Waals surface area contributed by atoms with Crippen LogP contribution >= 0.6 is 9.47 Å². The van der Waals surface area contributed by atoms with E-state index in [1.165, 1.54) is 0 Å². The fraction of sp³-hybridized carbons (Fsp3) is 0.462. The van der Waals surface area contributed by atoms with Crippen molar-refractivity contribution in [2.75, 3.05) is 0 Å². The number of fused-ring (bicyclic) bond motifs is 1. The molecule has 1 aromatic carbocycles. The minimum Gasteiger partial charge on any atom is -0.575 e. The minimum atomic E-state index is 0. The number of ether oxygens (including phenoxy) is 1. The van der Waals surface area contributed by atoms with Gasteiger partial charge in [0.15, 0.2) is 5.78 Å². The topological polar surface area (TPSA) is 49.8 Å². The van der Waals surface area contributed by atoms with Gasteiger partial charge in [-0.05, 0) is 19.3 Å². The number of carbonyl (C=O) groups is 1. The van der Waals surface area contributed by atoms with Gasteiger partial charge in [0.2, 0.25) is 0 Å². The van der Waals surface area contributed by atoms with E-state index in [0.717, 1.165) is 24.8 Å². The fourth-order valence-corrected chi connectivity index (χ4v) is 2.48. The molecular formula is C13H16KO3P. The van der Waals surface area contributed by atoms with Gasteiger partial charge in [-0.25, -0.2) is 0 Å². The molecule has 0 radical (unpaired) electrons. The number of hydrogen-bond acceptors (Lipinski definition) is 3. The number of epoxide rings is 1. The Balaban J connectivity index is 0.000000516. The first kappa shape index (κ1) is 16.9. The largest absolute Gasteiger partial charge is 1.00 e. The Hall–Kier alpha value is 0.876. The Morgan fingerprint density at radius 2 is 1.83 bits per heavy atom. The summed E-state index contributed by atoms with van der Waals surface area (Å²) in [7, 11) is 1.97. The molecule has 18 heavy (non-hydrogen) atoms. The maximum atomic E-state index is 12.1. The Labute approximate surface area is 152 Å². The van der Waals surface area contributed by atoms with Crippen molar-refractivity contribution in [3.05, 3.63) is 35.9 Å². The molecular weight excluding hydrogens is 274 g/mol. The summed E-state index contributed by atoms with van der Waals surface area (Å²) in [4.78, 5) is 18.9. The summed E-state index contributed by atoms with van der Waals surface area (Å²) in [5, 5.41) is 0. The van der Waals surface area contributed by atoms with Crippen LogP contribution in [-0.2, 0) is 4.74 Å². The van der Waals surface area contributed by atoms with Gasteiger partial charge < -0.3 is 19.1 Å². The SMILES string of the molecule is O=C(c1ccccc1)C1CCC2OC2C1.O[PH-].[K+]. The molecule has 3 atom stereocenters. The molecule has 92 valence electrons. The number of carbonyl (C=O) groups excluding carboxylic acids is 1. The van der Waals surface area contributed by atoms with Gasteiger partial charge >= 0.3 is 51.4 Å². The van der Waals surface area contributed by atoms with Crippen LogP contribution in [0.4, 0.5) is 0 Å². The average Bonchev–Trinajstić information content (AvgIpc) is 3.19. The predicted octanol–water partition coefficient (Wildman–Crippen LogP) is -0.523. The fourth-order valence-electron chi connectivity index (χ4n) is 2.48. The third-order valence-corrected chi connectivity index (χ3v) is 3.43. The first-order valence-corrected chi connectivity index (χ1v) is 6.26. The number of rotatable bonds is 2. The van der Waals surface area contributed by atoms with Crippen LogP contribution in [0.15, 0.2) is 30.3 Å². The van der Waals surface area contributed by atoms with Crippen LogP contribution in [0.5, 0.6) is 0 Å². The molecule has 1 saturated carbocycles. The second kappa shape index (κ2) is 8.23. The van der Waals surface area contributed by atoms with Crippen molar-refractivity contribution in [1.82, 2.24) is 0 Å². The van der Waals surface area contributed by atoms with Gasteiger partial charge in [0, 0.05) is 11.5 Å². The Morgan fingerprint density at radius 3 is 2.44 bits per heavy atom. The molecule has 5 heteroatoms. The van der Waals surface area contributed by atoms with E-state index < -0.39 is 0 Å². The smallest absolute Gasteiger partial charge is 0.575 e. The molecule has 1 aliphatic carbocycles. The van der Waals surface area contributed by atoms with Gasteiger partial charge in [0.25, 0.3) is 0 Å². The van der Waals surface area contributed by atoms with E-state index in [0.29, 0.717) is 18.0 Å². The normalized spacial score (nSPS) is 28.0. The van der Waals surface area contributed by atoms with Crippen molar-refractivity contribution in [2.45, 2.75) is 31.5 Å². The number of Topliss-reactive ketones (excluding diaryl/α,β-unsaturated/α-hetero) is 1. The van der Waals surface area contributed by atoms with Crippen LogP contribution in [0.3, 0.4) is 0 Å². The third kappa shape index (κ3) is 4.19. The van der Waals surface area contributed by atoms with Crippen molar-refractivity contribution in [1.29, 1.82) is 0 Å².